The molecular weight excluding hydrogens is 318 g/mol. The van der Waals surface area contributed by atoms with Crippen LogP contribution in [0.15, 0.2) is 25.9 Å². The Kier molecular flexibility index (Phi) is 5.14. The minimum absolute atomic E-state index is 0.101. The third kappa shape index (κ3) is 3.35. The van der Waals surface area contributed by atoms with E-state index in [0.29, 0.717) is 16.4 Å². The molecule has 120 valence electrons. The second kappa shape index (κ2) is 7.09. The molecule has 6 heteroatoms. The first-order valence-electron chi connectivity index (χ1n) is 7.96. The maximum absolute atomic E-state index is 12.6. The highest BCUT2D eigenvalue weighted by atomic mass is 35.5. The Labute approximate surface area is 141 Å². The lowest BCUT2D eigenvalue weighted by molar-refractivity contribution is -0.127. The van der Waals surface area contributed by atoms with Crippen LogP contribution in [0.2, 0.25) is 0 Å². The Bertz CT molecular complexity index is 550. The molecule has 0 bridgehead atoms. The summed E-state index contributed by atoms with van der Waals surface area (Å²) in [5.74, 6) is 1.13. The van der Waals surface area contributed by atoms with Crippen molar-refractivity contribution in [3.63, 3.8) is 0 Å². The van der Waals surface area contributed by atoms with Gasteiger partial charge in [-0.15, -0.1) is 0 Å². The van der Waals surface area contributed by atoms with Crippen molar-refractivity contribution in [1.82, 2.24) is 9.80 Å². The minimum atomic E-state index is 0.101. The number of hydrogen-bond acceptors (Lipinski definition) is 4. The van der Waals surface area contributed by atoms with Crippen molar-refractivity contribution < 1.29 is 4.79 Å². The van der Waals surface area contributed by atoms with E-state index in [1.54, 1.807) is 0 Å². The van der Waals surface area contributed by atoms with E-state index in [1.165, 1.54) is 18.2 Å². The molecule has 3 aliphatic rings. The second-order valence-electron chi connectivity index (χ2n) is 6.01. The van der Waals surface area contributed by atoms with Crippen LogP contribution in [0.25, 0.3) is 0 Å². The molecule has 1 amide bonds. The summed E-state index contributed by atoms with van der Waals surface area (Å²) in [6, 6.07) is 0. The van der Waals surface area contributed by atoms with Crippen molar-refractivity contribution >= 4 is 35.1 Å². The molecule has 0 N–H and O–H groups in total. The first kappa shape index (κ1) is 15.9. The number of carbonyl (C=O) groups excluding carboxylic acids is 1. The van der Waals surface area contributed by atoms with Crippen LogP contribution in [-0.2, 0) is 4.79 Å². The van der Waals surface area contributed by atoms with E-state index in [4.69, 9.17) is 11.6 Å². The highest BCUT2D eigenvalue weighted by Gasteiger charge is 2.27. The van der Waals surface area contributed by atoms with Gasteiger partial charge in [-0.25, -0.2) is 0 Å². The van der Waals surface area contributed by atoms with Crippen LogP contribution in [0.4, 0.5) is 0 Å². The van der Waals surface area contributed by atoms with E-state index in [1.807, 2.05) is 4.90 Å². The van der Waals surface area contributed by atoms with Crippen molar-refractivity contribution in [3.05, 3.63) is 20.9 Å². The molecule has 0 aromatic carbocycles. The van der Waals surface area contributed by atoms with Crippen LogP contribution in [0.3, 0.4) is 0 Å². The zero-order chi connectivity index (χ0) is 15.5. The standard InChI is InChI=1S/C16H22ClN3OS/c1-19-7-5-6-18-15(19)12-10-13(17)14(22-11-12)16(21)20-8-3-2-4-9-20/h11H,2-10H2,1H3. The van der Waals surface area contributed by atoms with Gasteiger partial charge in [-0.05, 0) is 31.1 Å². The molecule has 4 nitrogen and oxygen atoms in total. The summed E-state index contributed by atoms with van der Waals surface area (Å²) in [5, 5.41) is 2.73. The number of nitrogens with zero attached hydrogens (tertiary/aromatic N) is 3. The number of likely N-dealkylation sites (N-methyl/N-ethyl adjacent to an activating group) is 1. The Morgan fingerprint density at radius 2 is 2.00 bits per heavy atom. The summed E-state index contributed by atoms with van der Waals surface area (Å²) >= 11 is 7.92. The van der Waals surface area contributed by atoms with Crippen molar-refractivity contribution in [2.45, 2.75) is 32.1 Å². The van der Waals surface area contributed by atoms with Crippen molar-refractivity contribution in [1.29, 1.82) is 0 Å². The quantitative estimate of drug-likeness (QED) is 0.775. The largest absolute Gasteiger partial charge is 0.360 e. The van der Waals surface area contributed by atoms with E-state index >= 15 is 0 Å². The Morgan fingerprint density at radius 1 is 1.23 bits per heavy atom. The molecule has 22 heavy (non-hydrogen) atoms. The van der Waals surface area contributed by atoms with Gasteiger partial charge in [0.25, 0.3) is 5.91 Å². The molecule has 0 spiro atoms. The van der Waals surface area contributed by atoms with Crippen molar-refractivity contribution in [2.24, 2.45) is 4.99 Å². The van der Waals surface area contributed by atoms with E-state index in [-0.39, 0.29) is 5.91 Å². The van der Waals surface area contributed by atoms with E-state index in [9.17, 15) is 4.79 Å². The van der Waals surface area contributed by atoms with Crippen LogP contribution in [0.5, 0.6) is 0 Å². The number of amides is 1. The molecule has 3 aliphatic heterocycles. The van der Waals surface area contributed by atoms with Gasteiger partial charge in [-0.2, -0.15) is 0 Å². The van der Waals surface area contributed by atoms with E-state index < -0.39 is 0 Å². The third-order valence-corrected chi connectivity index (χ3v) is 5.80. The number of hydrogen-bond donors (Lipinski definition) is 0. The molecule has 3 rings (SSSR count). The SMILES string of the molecule is CN1CCCN=C1C1=CSC(C(=O)N2CCCCC2)=C(Cl)C1. The summed E-state index contributed by atoms with van der Waals surface area (Å²) in [4.78, 5) is 22.0. The zero-order valence-electron chi connectivity index (χ0n) is 13.0. The first-order chi connectivity index (χ1) is 10.7. The fraction of sp³-hybridized carbons (Fsp3) is 0.625. The Morgan fingerprint density at radius 3 is 2.68 bits per heavy atom. The molecular formula is C16H22ClN3OS. The molecule has 3 heterocycles. The number of thioether (sulfide) groups is 1. The molecule has 0 radical (unpaired) electrons. The molecule has 0 atom stereocenters. The number of amidine groups is 1. The fourth-order valence-corrected chi connectivity index (χ4v) is 4.33. The van der Waals surface area contributed by atoms with Gasteiger partial charge in [0.15, 0.2) is 0 Å². The minimum Gasteiger partial charge on any atom is -0.360 e. The normalized spacial score (nSPS) is 23.4. The van der Waals surface area contributed by atoms with Crippen molar-refractivity contribution in [2.75, 3.05) is 33.2 Å². The topological polar surface area (TPSA) is 35.9 Å². The van der Waals surface area contributed by atoms with Gasteiger partial charge in [0.05, 0.1) is 4.91 Å². The summed E-state index contributed by atoms with van der Waals surface area (Å²) in [6.45, 7) is 3.63. The Balaban J connectivity index is 1.70. The van der Waals surface area contributed by atoms with Gasteiger partial charge in [0, 0.05) is 50.3 Å². The van der Waals surface area contributed by atoms with Gasteiger partial charge in [-0.1, -0.05) is 23.4 Å². The highest BCUT2D eigenvalue weighted by Crippen LogP contribution is 2.37. The van der Waals surface area contributed by atoms with Crippen LogP contribution in [0.1, 0.15) is 32.1 Å². The lowest BCUT2D eigenvalue weighted by Crippen LogP contribution is -2.37. The summed E-state index contributed by atoms with van der Waals surface area (Å²) in [7, 11) is 2.07. The monoisotopic (exact) mass is 339 g/mol. The fourth-order valence-electron chi connectivity index (χ4n) is 3.09. The van der Waals surface area contributed by atoms with E-state index in [0.717, 1.165) is 56.9 Å². The summed E-state index contributed by atoms with van der Waals surface area (Å²) < 4.78 is 0. The molecule has 1 saturated heterocycles. The average molecular weight is 340 g/mol. The maximum Gasteiger partial charge on any atom is 0.261 e. The average Bonchev–Trinajstić information content (AvgIpc) is 2.55. The highest BCUT2D eigenvalue weighted by molar-refractivity contribution is 8.06. The van der Waals surface area contributed by atoms with Gasteiger partial charge in [-0.3, -0.25) is 9.79 Å². The smallest absolute Gasteiger partial charge is 0.261 e. The predicted molar refractivity (Wildman–Crippen MR) is 93.2 cm³/mol. The molecule has 0 saturated carbocycles. The Hall–Kier alpha value is -0.940. The number of piperidine rings is 1. The summed E-state index contributed by atoms with van der Waals surface area (Å²) in [6.07, 6.45) is 5.14. The first-order valence-corrected chi connectivity index (χ1v) is 9.22. The second-order valence-corrected chi connectivity index (χ2v) is 7.34. The molecule has 1 fully saturated rings. The van der Waals surface area contributed by atoms with Crippen LogP contribution in [0, 0.1) is 0 Å². The number of aliphatic imine (C=N–C) groups is 1. The maximum atomic E-state index is 12.6. The number of allylic oxidation sites excluding steroid dienone is 1. The number of likely N-dealkylation sites (tertiary alicyclic amines) is 1. The number of rotatable bonds is 2. The van der Waals surface area contributed by atoms with Crippen LogP contribution >= 0.6 is 23.4 Å². The molecule has 0 aliphatic carbocycles. The van der Waals surface area contributed by atoms with Crippen molar-refractivity contribution in [3.8, 4) is 0 Å². The zero-order valence-corrected chi connectivity index (χ0v) is 14.5. The van der Waals surface area contributed by atoms with Gasteiger partial charge < -0.3 is 9.80 Å². The molecule has 0 unspecified atom stereocenters. The molecule has 0 aromatic rings. The number of halogens is 1. The van der Waals surface area contributed by atoms with Crippen LogP contribution in [-0.4, -0.2) is 54.8 Å². The number of carbonyl (C=O) groups is 1. The lowest BCUT2D eigenvalue weighted by Gasteiger charge is -2.30. The molecule has 0 aromatic heterocycles. The van der Waals surface area contributed by atoms with E-state index in [2.05, 4.69) is 22.3 Å². The van der Waals surface area contributed by atoms with Gasteiger partial charge in [0.1, 0.15) is 5.84 Å². The van der Waals surface area contributed by atoms with Crippen LogP contribution < -0.4 is 0 Å². The predicted octanol–water partition coefficient (Wildman–Crippen LogP) is 3.20. The third-order valence-electron chi connectivity index (χ3n) is 4.31. The summed E-state index contributed by atoms with van der Waals surface area (Å²) in [5.41, 5.74) is 1.13. The van der Waals surface area contributed by atoms with Gasteiger partial charge >= 0.3 is 0 Å². The lowest BCUT2D eigenvalue weighted by atomic mass is 10.1. The van der Waals surface area contributed by atoms with Gasteiger partial charge in [0.2, 0.25) is 0 Å².